The van der Waals surface area contributed by atoms with Crippen LogP contribution in [0.15, 0.2) is 30.5 Å². The van der Waals surface area contributed by atoms with E-state index in [-0.39, 0.29) is 16.0 Å². The minimum Gasteiger partial charge on any atom is -0.384 e. The summed E-state index contributed by atoms with van der Waals surface area (Å²) in [6.45, 7) is 3.17. The van der Waals surface area contributed by atoms with Crippen LogP contribution in [0.4, 0.5) is 11.4 Å². The van der Waals surface area contributed by atoms with Crippen molar-refractivity contribution in [1.82, 2.24) is 10.3 Å². The lowest BCUT2D eigenvalue weighted by atomic mass is 9.79. The summed E-state index contributed by atoms with van der Waals surface area (Å²) < 4.78 is 5.41. The number of nitro benzene ring substituents is 1. The molecule has 1 aliphatic rings. The second-order valence-electron chi connectivity index (χ2n) is 6.33. The van der Waals surface area contributed by atoms with E-state index in [1.165, 1.54) is 0 Å². The van der Waals surface area contributed by atoms with Crippen LogP contribution < -0.4 is 10.6 Å². The Morgan fingerprint density at radius 1 is 1.38 bits per heavy atom. The van der Waals surface area contributed by atoms with Gasteiger partial charge in [-0.2, -0.15) is 0 Å². The van der Waals surface area contributed by atoms with Crippen molar-refractivity contribution < 1.29 is 9.66 Å². The molecule has 0 amide bonds. The molecule has 1 aliphatic heterocycles. The molecule has 0 saturated carbocycles. The van der Waals surface area contributed by atoms with Crippen molar-refractivity contribution in [2.75, 3.05) is 38.7 Å². The number of fused-ring (bicyclic) bond motifs is 1. The molecule has 7 nitrogen and oxygen atoms in total. The molecule has 0 aliphatic carbocycles. The number of piperidine rings is 1. The van der Waals surface area contributed by atoms with Gasteiger partial charge >= 0.3 is 5.69 Å². The minimum absolute atomic E-state index is 0.00222. The quantitative estimate of drug-likeness (QED) is 0.625. The summed E-state index contributed by atoms with van der Waals surface area (Å²) in [5.74, 6) is 0. The number of benzene rings is 1. The van der Waals surface area contributed by atoms with Gasteiger partial charge in [0.05, 0.1) is 22.4 Å². The first kappa shape index (κ1) is 16.6. The zero-order valence-corrected chi connectivity index (χ0v) is 13.7. The van der Waals surface area contributed by atoms with Gasteiger partial charge in [-0.05, 0) is 50.2 Å². The van der Waals surface area contributed by atoms with Crippen molar-refractivity contribution in [3.8, 4) is 0 Å². The first-order valence-electron chi connectivity index (χ1n) is 8.11. The van der Waals surface area contributed by atoms with Gasteiger partial charge in [-0.25, -0.2) is 0 Å². The van der Waals surface area contributed by atoms with Gasteiger partial charge in [0.25, 0.3) is 0 Å². The first-order valence-corrected chi connectivity index (χ1v) is 8.11. The van der Waals surface area contributed by atoms with E-state index in [4.69, 9.17) is 4.74 Å². The molecule has 24 heavy (non-hydrogen) atoms. The lowest BCUT2D eigenvalue weighted by molar-refractivity contribution is -0.382. The molecule has 0 bridgehead atoms. The van der Waals surface area contributed by atoms with Crippen molar-refractivity contribution >= 4 is 22.3 Å². The van der Waals surface area contributed by atoms with E-state index in [9.17, 15) is 10.1 Å². The Balaban J connectivity index is 1.89. The molecule has 3 rings (SSSR count). The summed E-state index contributed by atoms with van der Waals surface area (Å²) in [7, 11) is 1.70. The molecule has 0 atom stereocenters. The molecule has 1 saturated heterocycles. The molecule has 1 aromatic carbocycles. The molecule has 7 heteroatoms. The molecule has 0 unspecified atom stereocenters. The molecule has 2 aromatic rings. The number of hydrogen-bond acceptors (Lipinski definition) is 6. The van der Waals surface area contributed by atoms with E-state index in [2.05, 4.69) is 15.6 Å². The Bertz CT molecular complexity index is 723. The van der Waals surface area contributed by atoms with Gasteiger partial charge in [-0.1, -0.05) is 0 Å². The monoisotopic (exact) mass is 330 g/mol. The van der Waals surface area contributed by atoms with Crippen LogP contribution in [0.1, 0.15) is 12.8 Å². The SMILES string of the molecule is COCC1(CNc2ccc3ncccc3c2[N+](=O)[O-])CCNCC1. The van der Waals surface area contributed by atoms with Crippen molar-refractivity contribution in [1.29, 1.82) is 0 Å². The average Bonchev–Trinajstić information content (AvgIpc) is 2.60. The number of rotatable bonds is 6. The first-order chi connectivity index (χ1) is 11.7. The predicted octanol–water partition coefficient (Wildman–Crippen LogP) is 2.57. The van der Waals surface area contributed by atoms with Crippen molar-refractivity contribution in [2.24, 2.45) is 5.41 Å². The van der Waals surface area contributed by atoms with Crippen LogP contribution in [-0.2, 0) is 4.74 Å². The zero-order chi connectivity index (χ0) is 17.0. The van der Waals surface area contributed by atoms with Gasteiger partial charge in [0.2, 0.25) is 0 Å². The molecule has 2 heterocycles. The standard InChI is InChI=1S/C17H22N4O3/c1-24-12-17(6-9-18-10-7-17)11-20-15-5-4-14-13(3-2-8-19-14)16(15)21(22)23/h2-5,8,18,20H,6-7,9-12H2,1H3. The van der Waals surface area contributed by atoms with E-state index in [0.29, 0.717) is 29.7 Å². The van der Waals surface area contributed by atoms with Crippen LogP contribution in [0.3, 0.4) is 0 Å². The fourth-order valence-corrected chi connectivity index (χ4v) is 3.39. The average molecular weight is 330 g/mol. The fraction of sp³-hybridized carbons (Fsp3) is 0.471. The highest BCUT2D eigenvalue weighted by Crippen LogP contribution is 2.35. The topological polar surface area (TPSA) is 89.3 Å². The summed E-state index contributed by atoms with van der Waals surface area (Å²) in [4.78, 5) is 15.5. The maximum Gasteiger partial charge on any atom is 0.301 e. The van der Waals surface area contributed by atoms with Crippen LogP contribution in [0.5, 0.6) is 0 Å². The van der Waals surface area contributed by atoms with Gasteiger partial charge in [-0.15, -0.1) is 0 Å². The smallest absolute Gasteiger partial charge is 0.301 e. The lowest BCUT2D eigenvalue weighted by Gasteiger charge is -2.37. The van der Waals surface area contributed by atoms with Gasteiger partial charge in [0.1, 0.15) is 5.69 Å². The van der Waals surface area contributed by atoms with Crippen molar-refractivity contribution in [3.63, 3.8) is 0 Å². The molecule has 1 fully saturated rings. The molecular weight excluding hydrogens is 308 g/mol. The number of ether oxygens (including phenoxy) is 1. The van der Waals surface area contributed by atoms with Gasteiger partial charge in [-0.3, -0.25) is 15.1 Å². The van der Waals surface area contributed by atoms with Gasteiger partial charge in [0.15, 0.2) is 0 Å². The summed E-state index contributed by atoms with van der Waals surface area (Å²) >= 11 is 0. The van der Waals surface area contributed by atoms with Crippen LogP contribution >= 0.6 is 0 Å². The van der Waals surface area contributed by atoms with Crippen molar-refractivity contribution in [3.05, 3.63) is 40.6 Å². The number of hydrogen-bond donors (Lipinski definition) is 2. The number of anilines is 1. The predicted molar refractivity (Wildman–Crippen MR) is 93.3 cm³/mol. The van der Waals surface area contributed by atoms with E-state index in [0.717, 1.165) is 25.9 Å². The molecular formula is C17H22N4O3. The van der Waals surface area contributed by atoms with Gasteiger partial charge in [0, 0.05) is 25.3 Å². The van der Waals surface area contributed by atoms with E-state index in [1.807, 2.05) is 6.07 Å². The Labute approximate surface area is 140 Å². The number of methoxy groups -OCH3 is 1. The molecule has 1 aromatic heterocycles. The third kappa shape index (κ3) is 3.32. The van der Waals surface area contributed by atoms with E-state index in [1.54, 1.807) is 31.5 Å². The summed E-state index contributed by atoms with van der Waals surface area (Å²) in [5.41, 5.74) is 1.25. The highest BCUT2D eigenvalue weighted by molar-refractivity contribution is 5.94. The number of pyridine rings is 1. The Morgan fingerprint density at radius 2 is 2.17 bits per heavy atom. The highest BCUT2D eigenvalue weighted by atomic mass is 16.6. The second kappa shape index (κ2) is 7.11. The maximum atomic E-state index is 11.6. The number of nitrogens with zero attached hydrogens (tertiary/aromatic N) is 2. The maximum absolute atomic E-state index is 11.6. The Hall–Kier alpha value is -2.25. The molecule has 0 spiro atoms. The zero-order valence-electron chi connectivity index (χ0n) is 13.7. The Kier molecular flexibility index (Phi) is 4.92. The summed E-state index contributed by atoms with van der Waals surface area (Å²) in [6.07, 6.45) is 3.61. The van der Waals surface area contributed by atoms with E-state index >= 15 is 0 Å². The minimum atomic E-state index is -0.336. The third-order valence-electron chi connectivity index (χ3n) is 4.71. The lowest BCUT2D eigenvalue weighted by Crippen LogP contribution is -2.44. The second-order valence-corrected chi connectivity index (χ2v) is 6.33. The number of aromatic nitrogens is 1. The normalized spacial score (nSPS) is 16.9. The van der Waals surface area contributed by atoms with E-state index < -0.39 is 0 Å². The largest absolute Gasteiger partial charge is 0.384 e. The molecule has 0 radical (unpaired) electrons. The highest BCUT2D eigenvalue weighted by Gasteiger charge is 2.32. The Morgan fingerprint density at radius 3 is 2.88 bits per heavy atom. The van der Waals surface area contributed by atoms with Crippen LogP contribution in [0.2, 0.25) is 0 Å². The fourth-order valence-electron chi connectivity index (χ4n) is 3.39. The third-order valence-corrected chi connectivity index (χ3v) is 4.71. The van der Waals surface area contributed by atoms with Crippen LogP contribution in [0.25, 0.3) is 10.9 Å². The summed E-state index contributed by atoms with van der Waals surface area (Å²) in [5, 5.41) is 18.8. The van der Waals surface area contributed by atoms with Crippen LogP contribution in [0, 0.1) is 15.5 Å². The summed E-state index contributed by atoms with van der Waals surface area (Å²) in [6, 6.07) is 7.02. The van der Waals surface area contributed by atoms with Crippen LogP contribution in [-0.4, -0.2) is 43.3 Å². The number of nitro groups is 1. The molecule has 2 N–H and O–H groups in total. The van der Waals surface area contributed by atoms with Crippen molar-refractivity contribution in [2.45, 2.75) is 12.8 Å². The number of nitrogens with one attached hydrogen (secondary N) is 2. The van der Waals surface area contributed by atoms with Gasteiger partial charge < -0.3 is 15.4 Å². The molecule has 128 valence electrons.